The summed E-state index contributed by atoms with van der Waals surface area (Å²) in [5.74, 6) is -0.204. The number of anilines is 1. The van der Waals surface area contributed by atoms with Crippen LogP contribution in [0.1, 0.15) is 22.4 Å². The number of amides is 1. The zero-order valence-corrected chi connectivity index (χ0v) is 15.6. The maximum atomic E-state index is 12.3. The number of nitrogens with one attached hydrogen (secondary N) is 1. The lowest BCUT2D eigenvalue weighted by molar-refractivity contribution is -0.123. The zero-order valence-electron chi connectivity index (χ0n) is 14.0. The number of nitrogens with zero attached hydrogens (tertiary/aromatic N) is 1. The number of carbonyl (C=O) groups is 2. The van der Waals surface area contributed by atoms with Crippen molar-refractivity contribution in [2.24, 2.45) is 0 Å². The first-order chi connectivity index (χ1) is 12.4. The Morgan fingerprint density at radius 2 is 1.96 bits per heavy atom. The third-order valence-corrected chi connectivity index (χ3v) is 4.83. The fourth-order valence-corrected chi connectivity index (χ4v) is 3.16. The number of benzene rings is 1. The Bertz CT molecular complexity index is 933. The Kier molecular flexibility index (Phi) is 5.39. The number of aryl methyl sites for hydroxylation is 1. The van der Waals surface area contributed by atoms with Crippen molar-refractivity contribution in [2.45, 2.75) is 20.0 Å². The molecule has 0 spiro atoms. The van der Waals surface area contributed by atoms with E-state index in [0.717, 1.165) is 10.4 Å². The van der Waals surface area contributed by atoms with E-state index in [1.54, 1.807) is 31.2 Å². The Morgan fingerprint density at radius 1 is 1.23 bits per heavy atom. The summed E-state index contributed by atoms with van der Waals surface area (Å²) < 4.78 is 10.1. The monoisotopic (exact) mass is 390 g/mol. The van der Waals surface area contributed by atoms with Gasteiger partial charge in [0.2, 0.25) is 0 Å². The van der Waals surface area contributed by atoms with Gasteiger partial charge in [0.25, 0.3) is 5.91 Å². The lowest BCUT2D eigenvalue weighted by Crippen LogP contribution is -2.29. The molecule has 3 aromatic rings. The quantitative estimate of drug-likeness (QED) is 0.646. The van der Waals surface area contributed by atoms with E-state index in [-0.39, 0.29) is 5.82 Å². The van der Waals surface area contributed by atoms with Crippen molar-refractivity contribution >= 4 is 40.6 Å². The maximum absolute atomic E-state index is 12.3. The third-order valence-electron chi connectivity index (χ3n) is 3.47. The van der Waals surface area contributed by atoms with Gasteiger partial charge in [-0.2, -0.15) is 0 Å². The molecule has 0 radical (unpaired) electrons. The summed E-state index contributed by atoms with van der Waals surface area (Å²) in [5, 5.41) is 6.83. The SMILES string of the molecule is Cc1cc(NC(=O)[C@@H](C)OC(=O)c2ccc(-c3ccc(Cl)cc3)s2)no1. The lowest BCUT2D eigenvalue weighted by Gasteiger charge is -2.11. The van der Waals surface area contributed by atoms with Gasteiger partial charge in [0.05, 0.1) is 0 Å². The minimum atomic E-state index is -0.972. The van der Waals surface area contributed by atoms with Crippen molar-refractivity contribution in [3.8, 4) is 10.4 Å². The average Bonchev–Trinajstić information content (AvgIpc) is 3.25. The van der Waals surface area contributed by atoms with Gasteiger partial charge in [-0.05, 0) is 43.7 Å². The summed E-state index contributed by atoms with van der Waals surface area (Å²) >= 11 is 7.17. The summed E-state index contributed by atoms with van der Waals surface area (Å²) in [4.78, 5) is 25.7. The van der Waals surface area contributed by atoms with E-state index < -0.39 is 18.0 Å². The van der Waals surface area contributed by atoms with Gasteiger partial charge in [0, 0.05) is 16.0 Å². The van der Waals surface area contributed by atoms with E-state index in [1.807, 2.05) is 18.2 Å². The van der Waals surface area contributed by atoms with Crippen LogP contribution in [0.3, 0.4) is 0 Å². The number of carbonyl (C=O) groups excluding carboxylic acids is 2. The molecule has 1 aromatic carbocycles. The molecule has 1 amide bonds. The van der Waals surface area contributed by atoms with Crippen LogP contribution in [0, 0.1) is 6.92 Å². The number of ether oxygens (including phenoxy) is 1. The molecule has 0 saturated heterocycles. The summed E-state index contributed by atoms with van der Waals surface area (Å²) in [6.07, 6.45) is -0.972. The average molecular weight is 391 g/mol. The second-order valence-electron chi connectivity index (χ2n) is 5.53. The van der Waals surface area contributed by atoms with E-state index >= 15 is 0 Å². The molecule has 3 rings (SSSR count). The van der Waals surface area contributed by atoms with Crippen molar-refractivity contribution in [3.05, 3.63) is 58.1 Å². The van der Waals surface area contributed by atoms with Gasteiger partial charge in [-0.25, -0.2) is 4.79 Å². The van der Waals surface area contributed by atoms with Gasteiger partial charge in [-0.1, -0.05) is 28.9 Å². The van der Waals surface area contributed by atoms with Crippen molar-refractivity contribution in [1.29, 1.82) is 0 Å². The molecular weight excluding hydrogens is 376 g/mol. The molecule has 8 heteroatoms. The van der Waals surface area contributed by atoms with Crippen molar-refractivity contribution in [1.82, 2.24) is 5.16 Å². The Hall–Kier alpha value is -2.64. The first kappa shape index (κ1) is 18.2. The highest BCUT2D eigenvalue weighted by Crippen LogP contribution is 2.29. The maximum Gasteiger partial charge on any atom is 0.349 e. The highest BCUT2D eigenvalue weighted by Gasteiger charge is 2.21. The minimum absolute atomic E-state index is 0.275. The molecule has 0 unspecified atom stereocenters. The van der Waals surface area contributed by atoms with Gasteiger partial charge >= 0.3 is 5.97 Å². The van der Waals surface area contributed by atoms with Crippen LogP contribution in [0.2, 0.25) is 5.02 Å². The molecule has 134 valence electrons. The van der Waals surface area contributed by atoms with Crippen molar-refractivity contribution in [2.75, 3.05) is 5.32 Å². The van der Waals surface area contributed by atoms with E-state index in [0.29, 0.717) is 15.7 Å². The smallest absolute Gasteiger partial charge is 0.349 e. The van der Waals surface area contributed by atoms with Crippen LogP contribution in [0.4, 0.5) is 5.82 Å². The molecule has 1 atom stereocenters. The minimum Gasteiger partial charge on any atom is -0.448 e. The Balaban J connectivity index is 1.62. The molecule has 0 aliphatic rings. The van der Waals surface area contributed by atoms with E-state index in [2.05, 4.69) is 10.5 Å². The number of thiophene rings is 1. The van der Waals surface area contributed by atoms with Crippen LogP contribution in [-0.2, 0) is 9.53 Å². The fraction of sp³-hybridized carbons (Fsp3) is 0.167. The second-order valence-corrected chi connectivity index (χ2v) is 7.05. The molecule has 0 bridgehead atoms. The number of aromatic nitrogens is 1. The van der Waals surface area contributed by atoms with Crippen LogP contribution >= 0.6 is 22.9 Å². The predicted octanol–water partition coefficient (Wildman–Crippen LogP) is 4.55. The molecule has 6 nitrogen and oxygen atoms in total. The molecular formula is C18H15ClN2O4S. The molecule has 2 aromatic heterocycles. The largest absolute Gasteiger partial charge is 0.448 e. The van der Waals surface area contributed by atoms with Crippen LogP contribution in [0.25, 0.3) is 10.4 Å². The molecule has 1 N–H and O–H groups in total. The van der Waals surface area contributed by atoms with E-state index in [4.69, 9.17) is 20.9 Å². The zero-order chi connectivity index (χ0) is 18.7. The summed E-state index contributed by atoms with van der Waals surface area (Å²) in [6, 6.07) is 12.4. The predicted molar refractivity (Wildman–Crippen MR) is 99.5 cm³/mol. The summed E-state index contributed by atoms with van der Waals surface area (Å²) in [7, 11) is 0. The van der Waals surface area contributed by atoms with Crippen LogP contribution in [0.15, 0.2) is 47.0 Å². The highest BCUT2D eigenvalue weighted by atomic mass is 35.5. The third kappa shape index (κ3) is 4.30. The van der Waals surface area contributed by atoms with E-state index in [1.165, 1.54) is 18.3 Å². The molecule has 0 saturated carbocycles. The van der Waals surface area contributed by atoms with Gasteiger partial charge in [-0.15, -0.1) is 11.3 Å². The molecule has 0 aliphatic carbocycles. The summed E-state index contributed by atoms with van der Waals surface area (Å²) in [6.45, 7) is 3.20. The number of hydrogen-bond donors (Lipinski definition) is 1. The normalized spacial score (nSPS) is 11.8. The van der Waals surface area contributed by atoms with Crippen LogP contribution in [0.5, 0.6) is 0 Å². The van der Waals surface area contributed by atoms with Crippen LogP contribution in [-0.4, -0.2) is 23.1 Å². The lowest BCUT2D eigenvalue weighted by atomic mass is 10.2. The topological polar surface area (TPSA) is 81.4 Å². The Morgan fingerprint density at radius 3 is 2.62 bits per heavy atom. The molecule has 26 heavy (non-hydrogen) atoms. The van der Waals surface area contributed by atoms with E-state index in [9.17, 15) is 9.59 Å². The first-order valence-electron chi connectivity index (χ1n) is 7.73. The van der Waals surface area contributed by atoms with Crippen molar-refractivity contribution in [3.63, 3.8) is 0 Å². The molecule has 0 fully saturated rings. The standard InChI is InChI=1S/C18H15ClN2O4S/c1-10-9-16(21-25-10)20-17(22)11(2)24-18(23)15-8-7-14(26-15)12-3-5-13(19)6-4-12/h3-9,11H,1-2H3,(H,20,21,22)/t11-/m1/s1. The fourth-order valence-electron chi connectivity index (χ4n) is 2.14. The van der Waals surface area contributed by atoms with Gasteiger partial charge < -0.3 is 14.6 Å². The second kappa shape index (κ2) is 7.72. The highest BCUT2D eigenvalue weighted by molar-refractivity contribution is 7.17. The first-order valence-corrected chi connectivity index (χ1v) is 8.93. The Labute approximate surface area is 158 Å². The molecule has 2 heterocycles. The van der Waals surface area contributed by atoms with Gasteiger partial charge in [0.1, 0.15) is 10.6 Å². The van der Waals surface area contributed by atoms with Gasteiger partial charge in [-0.3, -0.25) is 4.79 Å². The van der Waals surface area contributed by atoms with Crippen LogP contribution < -0.4 is 5.32 Å². The van der Waals surface area contributed by atoms with Gasteiger partial charge in [0.15, 0.2) is 11.9 Å². The number of halogens is 1. The summed E-state index contributed by atoms with van der Waals surface area (Å²) in [5.41, 5.74) is 0.950. The number of rotatable bonds is 5. The number of hydrogen-bond acceptors (Lipinski definition) is 6. The van der Waals surface area contributed by atoms with Crippen molar-refractivity contribution < 1.29 is 18.8 Å². The number of esters is 1. The molecule has 0 aliphatic heterocycles.